The minimum Gasteiger partial charge on any atom is -0.495 e. The van der Waals surface area contributed by atoms with Gasteiger partial charge >= 0.3 is 0 Å². The van der Waals surface area contributed by atoms with Crippen molar-refractivity contribution in [1.29, 1.82) is 0 Å². The largest absolute Gasteiger partial charge is 0.495 e. The van der Waals surface area contributed by atoms with Gasteiger partial charge in [-0.3, -0.25) is 14.5 Å². The predicted molar refractivity (Wildman–Crippen MR) is 258 cm³/mol. The average Bonchev–Trinajstić information content (AvgIpc) is 3.34. The molecule has 0 bridgehead atoms. The molecule has 0 saturated carbocycles. The van der Waals surface area contributed by atoms with Gasteiger partial charge in [-0.1, -0.05) is 121 Å². The molecule has 0 spiro atoms. The molecule has 1 saturated heterocycles. The molecule has 0 aromatic heterocycles. The number of benzene rings is 6. The molecule has 0 aliphatic carbocycles. The van der Waals surface area contributed by atoms with Crippen LogP contribution in [0.1, 0.15) is 63.2 Å². The summed E-state index contributed by atoms with van der Waals surface area (Å²) >= 11 is 0. The second kappa shape index (κ2) is 26.9. The van der Waals surface area contributed by atoms with Gasteiger partial charge in [-0.15, -0.1) is 0 Å². The third kappa shape index (κ3) is 16.2. The standard InChI is InChI=1S/C27H32N2O3.C16H15FO3.C11H16N2/c1-21(30)24-18-27(31-2)25(19-26(24)32-20-23-12-7-4-8-13-23)29(17-15-28)16-9-14-22-10-5-3-6-11-22;1-11(18)13-8-16(19-2)14(17)9-15(13)20-10-12-6-4-3-5-7-12;1-2-4-11(5-3-1)10-13-8-6-12-7-9-13/h3-8,10-13,18-19H,9,14-17,20,28H2,1-2H3;3-9H,10H2,1-2H3;1-5,12H,6-10H2. The molecule has 6 aromatic rings. The van der Waals surface area contributed by atoms with E-state index in [1.165, 1.54) is 50.4 Å². The maximum absolute atomic E-state index is 13.7. The molecule has 1 aliphatic heterocycles. The van der Waals surface area contributed by atoms with Gasteiger partial charge in [-0.05, 0) is 61.1 Å². The molecule has 0 amide bonds. The Bertz CT molecular complexity index is 2330. The summed E-state index contributed by atoms with van der Waals surface area (Å²) in [7, 11) is 2.98. The Balaban J connectivity index is 0.000000203. The zero-order chi connectivity index (χ0) is 46.2. The van der Waals surface area contributed by atoms with Gasteiger partial charge in [0.1, 0.15) is 30.5 Å². The number of nitrogens with two attached hydrogens (primary N) is 1. The van der Waals surface area contributed by atoms with Crippen molar-refractivity contribution < 1.29 is 32.9 Å². The number of carbonyl (C=O) groups is 2. The van der Waals surface area contributed by atoms with E-state index in [1.54, 1.807) is 20.1 Å². The molecule has 1 fully saturated rings. The molecule has 1 heterocycles. The van der Waals surface area contributed by atoms with Crippen LogP contribution in [-0.4, -0.2) is 76.5 Å². The quantitative estimate of drug-likeness (QED) is 0.0763. The number of hydrogen-bond donors (Lipinski definition) is 2. The Morgan fingerprint density at radius 3 is 1.55 bits per heavy atom. The van der Waals surface area contributed by atoms with Crippen LogP contribution in [0.15, 0.2) is 146 Å². The van der Waals surface area contributed by atoms with Crippen LogP contribution in [0, 0.1) is 5.82 Å². The fourth-order valence-electron chi connectivity index (χ4n) is 7.25. The number of anilines is 1. The summed E-state index contributed by atoms with van der Waals surface area (Å²) in [6, 6.07) is 46.7. The molecule has 10 nitrogen and oxygen atoms in total. The molecule has 11 heteroatoms. The number of ether oxygens (including phenoxy) is 4. The zero-order valence-electron chi connectivity index (χ0n) is 38.1. The van der Waals surface area contributed by atoms with Gasteiger partial charge in [0.2, 0.25) is 0 Å². The van der Waals surface area contributed by atoms with Crippen LogP contribution in [0.4, 0.5) is 10.1 Å². The van der Waals surface area contributed by atoms with Crippen LogP contribution >= 0.6 is 0 Å². The van der Waals surface area contributed by atoms with Gasteiger partial charge in [-0.25, -0.2) is 4.39 Å². The summed E-state index contributed by atoms with van der Waals surface area (Å²) < 4.78 is 35.9. The SMILES string of the molecule is COc1cc(C(C)=O)c(OCc2ccccc2)cc1F.COc1cc(C(C)=O)c(OCc2ccccc2)cc1N(CCN)CCCc1ccccc1.c1ccc(CN2CCNCC2)cc1. The first kappa shape index (κ1) is 49.5. The zero-order valence-corrected chi connectivity index (χ0v) is 38.1. The number of methoxy groups -OCH3 is 2. The molecule has 1 aliphatic rings. The second-order valence-corrected chi connectivity index (χ2v) is 15.5. The Morgan fingerprint density at radius 1 is 0.615 bits per heavy atom. The molecule has 3 N–H and O–H groups in total. The van der Waals surface area contributed by atoms with E-state index in [4.69, 9.17) is 24.7 Å². The number of piperazine rings is 1. The lowest BCUT2D eigenvalue weighted by Crippen LogP contribution is -2.42. The van der Waals surface area contributed by atoms with Crippen molar-refractivity contribution in [2.75, 3.05) is 64.9 Å². The highest BCUT2D eigenvalue weighted by Gasteiger charge is 2.20. The number of rotatable bonds is 19. The first-order chi connectivity index (χ1) is 31.7. The maximum atomic E-state index is 13.7. The first-order valence-electron chi connectivity index (χ1n) is 22.1. The Labute approximate surface area is 384 Å². The van der Waals surface area contributed by atoms with Crippen LogP contribution in [-0.2, 0) is 26.2 Å². The monoisotopic (exact) mass is 882 g/mol. The van der Waals surface area contributed by atoms with Crippen molar-refractivity contribution in [3.05, 3.63) is 185 Å². The molecule has 0 unspecified atom stereocenters. The van der Waals surface area contributed by atoms with E-state index < -0.39 is 5.82 Å². The van der Waals surface area contributed by atoms with Gasteiger partial charge in [0, 0.05) is 64.5 Å². The molecule has 65 heavy (non-hydrogen) atoms. The van der Waals surface area contributed by atoms with E-state index in [9.17, 15) is 14.0 Å². The van der Waals surface area contributed by atoms with Crippen LogP contribution in [0.2, 0.25) is 0 Å². The van der Waals surface area contributed by atoms with E-state index in [0.717, 1.165) is 55.8 Å². The highest BCUT2D eigenvalue weighted by atomic mass is 19.1. The van der Waals surface area contributed by atoms with Gasteiger partial charge in [-0.2, -0.15) is 0 Å². The highest BCUT2D eigenvalue weighted by molar-refractivity contribution is 5.98. The van der Waals surface area contributed by atoms with Crippen molar-refractivity contribution in [2.45, 2.75) is 46.4 Å². The number of ketones is 2. The Kier molecular flexibility index (Phi) is 20.5. The fraction of sp³-hybridized carbons (Fsp3) is 0.296. The number of halogens is 1. The summed E-state index contributed by atoms with van der Waals surface area (Å²) in [4.78, 5) is 28.6. The molecular formula is C54H63FN4O6. The fourth-order valence-corrected chi connectivity index (χ4v) is 7.25. The predicted octanol–water partition coefficient (Wildman–Crippen LogP) is 9.58. The third-order valence-corrected chi connectivity index (χ3v) is 10.7. The van der Waals surface area contributed by atoms with Gasteiger partial charge < -0.3 is 34.9 Å². The number of carbonyl (C=O) groups excluding carboxylic acids is 2. The van der Waals surface area contributed by atoms with E-state index in [2.05, 4.69) is 69.7 Å². The third-order valence-electron chi connectivity index (χ3n) is 10.7. The first-order valence-corrected chi connectivity index (χ1v) is 22.1. The van der Waals surface area contributed by atoms with E-state index in [0.29, 0.717) is 42.3 Å². The van der Waals surface area contributed by atoms with Crippen molar-refractivity contribution in [1.82, 2.24) is 10.2 Å². The van der Waals surface area contributed by atoms with Gasteiger partial charge in [0.05, 0.1) is 31.0 Å². The second-order valence-electron chi connectivity index (χ2n) is 15.5. The molecule has 0 atom stereocenters. The number of aryl methyl sites for hydroxylation is 1. The molecule has 7 rings (SSSR count). The van der Waals surface area contributed by atoms with Crippen molar-refractivity contribution >= 4 is 17.3 Å². The normalized spacial score (nSPS) is 12.1. The summed E-state index contributed by atoms with van der Waals surface area (Å²) in [6.07, 6.45) is 1.95. The van der Waals surface area contributed by atoms with Crippen molar-refractivity contribution in [2.24, 2.45) is 5.73 Å². The average molecular weight is 883 g/mol. The lowest BCUT2D eigenvalue weighted by Gasteiger charge is -2.27. The van der Waals surface area contributed by atoms with Crippen LogP contribution in [0.5, 0.6) is 23.0 Å². The minimum atomic E-state index is -0.555. The minimum absolute atomic E-state index is 0.0299. The Hall–Kier alpha value is -6.53. The van der Waals surface area contributed by atoms with E-state index >= 15 is 0 Å². The lowest BCUT2D eigenvalue weighted by molar-refractivity contribution is 0.1000. The van der Waals surface area contributed by atoms with Crippen molar-refractivity contribution in [3.63, 3.8) is 0 Å². The van der Waals surface area contributed by atoms with Crippen LogP contribution in [0.3, 0.4) is 0 Å². The number of hydrogen-bond acceptors (Lipinski definition) is 10. The van der Waals surface area contributed by atoms with E-state index in [1.807, 2.05) is 72.8 Å². The van der Waals surface area contributed by atoms with Crippen molar-refractivity contribution in [3.8, 4) is 23.0 Å². The number of Topliss-reactive ketones (excluding diaryl/α,β-unsaturated/α-hetero) is 2. The highest BCUT2D eigenvalue weighted by Crippen LogP contribution is 2.37. The molecular weight excluding hydrogens is 820 g/mol. The number of nitrogens with one attached hydrogen (secondary N) is 1. The van der Waals surface area contributed by atoms with E-state index in [-0.39, 0.29) is 29.7 Å². The smallest absolute Gasteiger partial charge is 0.168 e. The lowest BCUT2D eigenvalue weighted by atomic mass is 10.1. The van der Waals surface area contributed by atoms with Crippen LogP contribution < -0.4 is 34.9 Å². The number of nitrogens with zero attached hydrogens (tertiary/aromatic N) is 2. The Morgan fingerprint density at radius 2 is 1.08 bits per heavy atom. The molecule has 342 valence electrons. The summed E-state index contributed by atoms with van der Waals surface area (Å²) in [5.74, 6) is 0.638. The summed E-state index contributed by atoms with van der Waals surface area (Å²) in [6.45, 7) is 11.3. The van der Waals surface area contributed by atoms with Crippen LogP contribution in [0.25, 0.3) is 0 Å². The summed E-state index contributed by atoms with van der Waals surface area (Å²) in [5.41, 5.74) is 12.3. The maximum Gasteiger partial charge on any atom is 0.168 e. The molecule has 0 radical (unpaired) electrons. The topological polar surface area (TPSA) is 116 Å². The van der Waals surface area contributed by atoms with Gasteiger partial charge in [0.15, 0.2) is 23.1 Å². The van der Waals surface area contributed by atoms with Gasteiger partial charge in [0.25, 0.3) is 0 Å². The molecule has 6 aromatic carbocycles. The summed E-state index contributed by atoms with van der Waals surface area (Å²) in [5, 5.41) is 3.36.